The predicted octanol–water partition coefficient (Wildman–Crippen LogP) is 2.07. The van der Waals surface area contributed by atoms with Gasteiger partial charge in [-0.05, 0) is 30.9 Å². The molecular formula is C12H20N4. The fraction of sp³-hybridized carbons (Fsp3) is 0.667. The largest absolute Gasteiger partial charge is 0.382 e. The van der Waals surface area contributed by atoms with Crippen molar-refractivity contribution < 1.29 is 0 Å². The van der Waals surface area contributed by atoms with Crippen LogP contribution in [0.3, 0.4) is 0 Å². The van der Waals surface area contributed by atoms with Gasteiger partial charge in [0.15, 0.2) is 5.82 Å². The number of hydrogen-bond donors (Lipinski definition) is 1. The second-order valence-electron chi connectivity index (χ2n) is 4.85. The highest BCUT2D eigenvalue weighted by Gasteiger charge is 2.23. The molecule has 4 heteroatoms. The molecule has 0 aromatic carbocycles. The van der Waals surface area contributed by atoms with Crippen LogP contribution in [0.25, 0.3) is 0 Å². The highest BCUT2D eigenvalue weighted by atomic mass is 15.3. The second kappa shape index (κ2) is 4.68. The molecule has 1 heterocycles. The van der Waals surface area contributed by atoms with Crippen LogP contribution in [0.2, 0.25) is 0 Å². The van der Waals surface area contributed by atoms with Gasteiger partial charge >= 0.3 is 0 Å². The minimum atomic E-state index is 0.481. The molecule has 0 aliphatic heterocycles. The maximum absolute atomic E-state index is 5.54. The molecule has 1 aliphatic rings. The molecule has 2 N–H and O–H groups in total. The highest BCUT2D eigenvalue weighted by molar-refractivity contribution is 5.41. The summed E-state index contributed by atoms with van der Waals surface area (Å²) in [5, 5.41) is 8.03. The van der Waals surface area contributed by atoms with Crippen LogP contribution in [-0.4, -0.2) is 23.3 Å². The molecule has 2 unspecified atom stereocenters. The summed E-state index contributed by atoms with van der Waals surface area (Å²) in [4.78, 5) is 2.24. The van der Waals surface area contributed by atoms with Crippen LogP contribution in [0.1, 0.15) is 32.6 Å². The van der Waals surface area contributed by atoms with Gasteiger partial charge in [0.2, 0.25) is 0 Å². The van der Waals surface area contributed by atoms with Crippen molar-refractivity contribution >= 4 is 11.6 Å². The van der Waals surface area contributed by atoms with Crippen LogP contribution < -0.4 is 10.6 Å². The minimum absolute atomic E-state index is 0.481. The summed E-state index contributed by atoms with van der Waals surface area (Å²) in [7, 11) is 2.10. The van der Waals surface area contributed by atoms with Gasteiger partial charge in [0.1, 0.15) is 5.82 Å². The fourth-order valence-corrected chi connectivity index (χ4v) is 2.46. The van der Waals surface area contributed by atoms with Crippen molar-refractivity contribution in [1.29, 1.82) is 0 Å². The Kier molecular flexibility index (Phi) is 3.27. The van der Waals surface area contributed by atoms with E-state index in [4.69, 9.17) is 5.73 Å². The molecule has 0 radical (unpaired) electrons. The SMILES string of the molecule is CC1CCCC(N(C)c2ccc(N)nn2)C1. The molecule has 2 rings (SSSR count). The Morgan fingerprint density at radius 3 is 2.75 bits per heavy atom. The van der Waals surface area contributed by atoms with E-state index in [2.05, 4.69) is 29.1 Å². The lowest BCUT2D eigenvalue weighted by Gasteiger charge is -2.34. The van der Waals surface area contributed by atoms with Crippen molar-refractivity contribution in [3.05, 3.63) is 12.1 Å². The fourth-order valence-electron chi connectivity index (χ4n) is 2.46. The molecule has 0 spiro atoms. The van der Waals surface area contributed by atoms with Crippen LogP contribution in [0.15, 0.2) is 12.1 Å². The monoisotopic (exact) mass is 220 g/mol. The normalized spacial score (nSPS) is 25.4. The molecule has 1 aromatic rings. The molecule has 0 saturated heterocycles. The van der Waals surface area contributed by atoms with E-state index in [9.17, 15) is 0 Å². The molecule has 2 atom stereocenters. The quantitative estimate of drug-likeness (QED) is 0.829. The number of nitrogen functional groups attached to an aromatic ring is 1. The van der Waals surface area contributed by atoms with Crippen molar-refractivity contribution in [3.8, 4) is 0 Å². The summed E-state index contributed by atoms with van der Waals surface area (Å²) in [5.41, 5.74) is 5.54. The molecule has 0 amide bonds. The van der Waals surface area contributed by atoms with E-state index in [1.807, 2.05) is 12.1 Å². The van der Waals surface area contributed by atoms with Crippen LogP contribution >= 0.6 is 0 Å². The smallest absolute Gasteiger partial charge is 0.151 e. The van der Waals surface area contributed by atoms with Gasteiger partial charge < -0.3 is 10.6 Å². The van der Waals surface area contributed by atoms with Gasteiger partial charge in [-0.1, -0.05) is 19.8 Å². The lowest BCUT2D eigenvalue weighted by atomic mass is 9.86. The summed E-state index contributed by atoms with van der Waals surface area (Å²) in [5.74, 6) is 2.23. The molecular weight excluding hydrogens is 200 g/mol. The van der Waals surface area contributed by atoms with Gasteiger partial charge in [-0.15, -0.1) is 10.2 Å². The molecule has 1 aliphatic carbocycles. The van der Waals surface area contributed by atoms with Gasteiger partial charge in [-0.25, -0.2) is 0 Å². The first-order valence-electron chi connectivity index (χ1n) is 5.99. The Labute approximate surface area is 96.9 Å². The van der Waals surface area contributed by atoms with Crippen LogP contribution in [0, 0.1) is 5.92 Å². The van der Waals surface area contributed by atoms with Crippen LogP contribution in [0.5, 0.6) is 0 Å². The molecule has 4 nitrogen and oxygen atoms in total. The lowest BCUT2D eigenvalue weighted by molar-refractivity contribution is 0.335. The zero-order valence-electron chi connectivity index (χ0n) is 10.1. The first kappa shape index (κ1) is 11.2. The van der Waals surface area contributed by atoms with Crippen molar-refractivity contribution in [2.45, 2.75) is 38.6 Å². The van der Waals surface area contributed by atoms with Crippen molar-refractivity contribution in [3.63, 3.8) is 0 Å². The summed E-state index contributed by atoms with van der Waals surface area (Å²) in [6.07, 6.45) is 5.19. The minimum Gasteiger partial charge on any atom is -0.382 e. The number of anilines is 2. The zero-order chi connectivity index (χ0) is 11.5. The molecule has 1 fully saturated rings. The summed E-state index contributed by atoms with van der Waals surface area (Å²) >= 11 is 0. The first-order chi connectivity index (χ1) is 7.66. The van der Waals surface area contributed by atoms with Gasteiger partial charge in [0.25, 0.3) is 0 Å². The summed E-state index contributed by atoms with van der Waals surface area (Å²) in [6, 6.07) is 4.36. The van der Waals surface area contributed by atoms with E-state index in [1.54, 1.807) is 0 Å². The summed E-state index contributed by atoms with van der Waals surface area (Å²) < 4.78 is 0. The average Bonchev–Trinajstić information content (AvgIpc) is 2.29. The third kappa shape index (κ3) is 2.43. The van der Waals surface area contributed by atoms with Crippen molar-refractivity contribution in [1.82, 2.24) is 10.2 Å². The Balaban J connectivity index is 2.06. The number of aromatic nitrogens is 2. The van der Waals surface area contributed by atoms with E-state index < -0.39 is 0 Å². The molecule has 16 heavy (non-hydrogen) atoms. The number of hydrogen-bond acceptors (Lipinski definition) is 4. The van der Waals surface area contributed by atoms with Gasteiger partial charge in [-0.2, -0.15) is 0 Å². The van der Waals surface area contributed by atoms with Gasteiger partial charge in [0, 0.05) is 13.1 Å². The van der Waals surface area contributed by atoms with Crippen LogP contribution in [-0.2, 0) is 0 Å². The Morgan fingerprint density at radius 2 is 2.12 bits per heavy atom. The van der Waals surface area contributed by atoms with E-state index in [0.717, 1.165) is 11.7 Å². The average molecular weight is 220 g/mol. The Morgan fingerprint density at radius 1 is 1.31 bits per heavy atom. The van der Waals surface area contributed by atoms with E-state index in [0.29, 0.717) is 11.9 Å². The van der Waals surface area contributed by atoms with Crippen molar-refractivity contribution in [2.24, 2.45) is 5.92 Å². The Hall–Kier alpha value is -1.32. The zero-order valence-corrected chi connectivity index (χ0v) is 10.1. The number of nitrogens with two attached hydrogens (primary N) is 1. The van der Waals surface area contributed by atoms with Gasteiger partial charge in [-0.3, -0.25) is 0 Å². The maximum Gasteiger partial charge on any atom is 0.151 e. The van der Waals surface area contributed by atoms with Gasteiger partial charge in [0.05, 0.1) is 0 Å². The van der Waals surface area contributed by atoms with E-state index in [1.165, 1.54) is 25.7 Å². The van der Waals surface area contributed by atoms with Crippen molar-refractivity contribution in [2.75, 3.05) is 17.7 Å². The maximum atomic E-state index is 5.54. The molecule has 88 valence electrons. The van der Waals surface area contributed by atoms with E-state index >= 15 is 0 Å². The lowest BCUT2D eigenvalue weighted by Crippen LogP contribution is -2.36. The number of rotatable bonds is 2. The Bertz CT molecular complexity index is 335. The first-order valence-corrected chi connectivity index (χ1v) is 5.99. The van der Waals surface area contributed by atoms with Crippen LogP contribution in [0.4, 0.5) is 11.6 Å². The molecule has 0 bridgehead atoms. The standard InChI is InChI=1S/C12H20N4/c1-9-4-3-5-10(8-9)16(2)12-7-6-11(13)14-15-12/h6-7,9-10H,3-5,8H2,1-2H3,(H2,13,14). The molecule has 1 saturated carbocycles. The number of nitrogens with zero attached hydrogens (tertiary/aromatic N) is 3. The third-order valence-electron chi connectivity index (χ3n) is 3.49. The van der Waals surface area contributed by atoms with E-state index in [-0.39, 0.29) is 0 Å². The predicted molar refractivity (Wildman–Crippen MR) is 66.3 cm³/mol. The topological polar surface area (TPSA) is 55.0 Å². The third-order valence-corrected chi connectivity index (χ3v) is 3.49. The molecule has 1 aromatic heterocycles. The summed E-state index contributed by atoms with van der Waals surface area (Å²) in [6.45, 7) is 2.33. The second-order valence-corrected chi connectivity index (χ2v) is 4.85. The highest BCUT2D eigenvalue weighted by Crippen LogP contribution is 2.28.